The molecule has 21 heavy (non-hydrogen) atoms. The lowest BCUT2D eigenvalue weighted by molar-refractivity contribution is 0.0721. The second-order valence-corrected chi connectivity index (χ2v) is 6.00. The molecule has 5 heteroatoms. The van der Waals surface area contributed by atoms with Gasteiger partial charge in [0.05, 0.1) is 10.7 Å². The highest BCUT2D eigenvalue weighted by Gasteiger charge is 2.33. The van der Waals surface area contributed by atoms with Gasteiger partial charge in [0.25, 0.3) is 5.91 Å². The van der Waals surface area contributed by atoms with Gasteiger partial charge in [-0.2, -0.15) is 5.10 Å². The third-order valence-corrected chi connectivity index (χ3v) is 4.46. The van der Waals surface area contributed by atoms with Gasteiger partial charge in [0.2, 0.25) is 0 Å². The zero-order chi connectivity index (χ0) is 15.0. The molecule has 2 aromatic rings. The number of benzene rings is 1. The molecule has 1 unspecified atom stereocenters. The number of hydrogen-bond acceptors (Lipinski definition) is 2. The molecule has 0 bridgehead atoms. The molecule has 0 N–H and O–H groups in total. The molecule has 1 aromatic carbocycles. The van der Waals surface area contributed by atoms with Gasteiger partial charge >= 0.3 is 0 Å². The topological polar surface area (TPSA) is 38.1 Å². The fourth-order valence-corrected chi connectivity index (χ4v) is 2.69. The van der Waals surface area contributed by atoms with Crippen molar-refractivity contribution in [1.82, 2.24) is 14.7 Å². The number of aromatic nitrogens is 2. The van der Waals surface area contributed by atoms with Gasteiger partial charge in [-0.25, -0.2) is 4.68 Å². The van der Waals surface area contributed by atoms with Crippen LogP contribution in [0.3, 0.4) is 0 Å². The highest BCUT2D eigenvalue weighted by atomic mass is 35.5. The fraction of sp³-hybridized carbons (Fsp3) is 0.375. The van der Waals surface area contributed by atoms with Crippen molar-refractivity contribution < 1.29 is 4.79 Å². The summed E-state index contributed by atoms with van der Waals surface area (Å²) in [5.41, 5.74) is 1.22. The first-order valence-corrected chi connectivity index (χ1v) is 7.53. The highest BCUT2D eigenvalue weighted by molar-refractivity contribution is 6.32. The third kappa shape index (κ3) is 2.81. The Bertz CT molecular complexity index is 663. The number of halogens is 1. The summed E-state index contributed by atoms with van der Waals surface area (Å²) in [6.07, 6.45) is 4.20. The van der Waals surface area contributed by atoms with E-state index in [-0.39, 0.29) is 11.9 Å². The van der Waals surface area contributed by atoms with E-state index in [1.165, 1.54) is 12.8 Å². The normalized spacial score (nSPS) is 15.8. The van der Waals surface area contributed by atoms with E-state index in [2.05, 4.69) is 12.0 Å². The lowest BCUT2D eigenvalue weighted by Gasteiger charge is -2.23. The molecule has 0 aliphatic heterocycles. The maximum Gasteiger partial charge on any atom is 0.274 e. The number of para-hydroxylation sites is 1. The first-order chi connectivity index (χ1) is 10.1. The molecule has 1 aliphatic carbocycles. The van der Waals surface area contributed by atoms with Gasteiger partial charge in [-0.15, -0.1) is 0 Å². The van der Waals surface area contributed by atoms with Crippen LogP contribution >= 0.6 is 11.6 Å². The average molecular weight is 304 g/mol. The first kappa shape index (κ1) is 14.1. The average Bonchev–Trinajstić information content (AvgIpc) is 3.23. The summed E-state index contributed by atoms with van der Waals surface area (Å²) in [6, 6.07) is 9.45. The molecule has 1 aliphatic rings. The van der Waals surface area contributed by atoms with Crippen molar-refractivity contribution in [1.29, 1.82) is 0 Å². The summed E-state index contributed by atoms with van der Waals surface area (Å²) in [5, 5.41) is 4.98. The molecular weight excluding hydrogens is 286 g/mol. The van der Waals surface area contributed by atoms with Crippen LogP contribution < -0.4 is 0 Å². The summed E-state index contributed by atoms with van der Waals surface area (Å²) in [5.74, 6) is 0.602. The largest absolute Gasteiger partial charge is 0.337 e. The molecule has 1 fully saturated rings. The molecule has 1 heterocycles. The number of amides is 1. The lowest BCUT2D eigenvalue weighted by Crippen LogP contribution is -2.36. The Balaban J connectivity index is 1.81. The molecule has 1 saturated carbocycles. The molecule has 1 atom stereocenters. The number of nitrogens with zero attached hydrogens (tertiary/aromatic N) is 3. The quantitative estimate of drug-likeness (QED) is 0.868. The Morgan fingerprint density at radius 3 is 2.76 bits per heavy atom. The monoisotopic (exact) mass is 303 g/mol. The van der Waals surface area contributed by atoms with Crippen LogP contribution in [0.4, 0.5) is 0 Å². The molecular formula is C16H18ClN3O. The first-order valence-electron chi connectivity index (χ1n) is 7.15. The summed E-state index contributed by atoms with van der Waals surface area (Å²) in [4.78, 5) is 14.3. The number of carbonyl (C=O) groups excluding carboxylic acids is 1. The van der Waals surface area contributed by atoms with Crippen LogP contribution in [-0.4, -0.2) is 33.7 Å². The number of rotatable bonds is 4. The summed E-state index contributed by atoms with van der Waals surface area (Å²) in [6.45, 7) is 2.10. The van der Waals surface area contributed by atoms with Crippen LogP contribution in [0.25, 0.3) is 5.69 Å². The minimum atomic E-state index is -0.0415. The molecule has 110 valence electrons. The van der Waals surface area contributed by atoms with Crippen molar-refractivity contribution in [2.24, 2.45) is 5.92 Å². The van der Waals surface area contributed by atoms with E-state index in [0.29, 0.717) is 16.6 Å². The lowest BCUT2D eigenvalue weighted by atomic mass is 10.2. The van der Waals surface area contributed by atoms with Crippen LogP contribution in [0.1, 0.15) is 30.3 Å². The van der Waals surface area contributed by atoms with Gasteiger partial charge in [-0.05, 0) is 43.9 Å². The maximum atomic E-state index is 12.5. The molecule has 1 amide bonds. The highest BCUT2D eigenvalue weighted by Crippen LogP contribution is 2.35. The fourth-order valence-electron chi connectivity index (χ4n) is 2.47. The van der Waals surface area contributed by atoms with Gasteiger partial charge in [0, 0.05) is 19.3 Å². The van der Waals surface area contributed by atoms with E-state index < -0.39 is 0 Å². The van der Waals surface area contributed by atoms with Crippen molar-refractivity contribution in [2.75, 3.05) is 7.05 Å². The van der Waals surface area contributed by atoms with Crippen molar-refractivity contribution in [3.05, 3.63) is 47.2 Å². The smallest absolute Gasteiger partial charge is 0.274 e. The Morgan fingerprint density at radius 1 is 1.38 bits per heavy atom. The molecule has 0 radical (unpaired) electrons. The molecule has 3 rings (SSSR count). The Kier molecular flexibility index (Phi) is 3.72. The van der Waals surface area contributed by atoms with E-state index in [9.17, 15) is 4.79 Å². The second-order valence-electron chi connectivity index (χ2n) is 5.59. The van der Waals surface area contributed by atoms with Crippen molar-refractivity contribution >= 4 is 17.5 Å². The molecule has 1 aromatic heterocycles. The Labute approximate surface area is 129 Å². The van der Waals surface area contributed by atoms with E-state index in [4.69, 9.17) is 11.6 Å². The Morgan fingerprint density at radius 2 is 2.10 bits per heavy atom. The van der Waals surface area contributed by atoms with Crippen LogP contribution in [0.5, 0.6) is 0 Å². The second kappa shape index (κ2) is 5.53. The summed E-state index contributed by atoms with van der Waals surface area (Å²) < 4.78 is 1.64. The van der Waals surface area contributed by atoms with Gasteiger partial charge < -0.3 is 4.90 Å². The maximum absolute atomic E-state index is 12.5. The standard InChI is InChI=1S/C16H18ClN3O/c1-11(12-7-8-12)19(2)16(21)14-9-10-20(18-14)15-6-4-3-5-13(15)17/h3-6,9-12H,7-8H2,1-2H3. The molecule has 0 spiro atoms. The van der Waals surface area contributed by atoms with Crippen LogP contribution in [0.2, 0.25) is 5.02 Å². The van der Waals surface area contributed by atoms with E-state index in [1.54, 1.807) is 27.9 Å². The number of hydrogen-bond donors (Lipinski definition) is 0. The molecule has 0 saturated heterocycles. The van der Waals surface area contributed by atoms with Crippen LogP contribution in [-0.2, 0) is 0 Å². The zero-order valence-corrected chi connectivity index (χ0v) is 12.9. The van der Waals surface area contributed by atoms with Gasteiger partial charge in [-0.3, -0.25) is 4.79 Å². The predicted octanol–water partition coefficient (Wildman–Crippen LogP) is 3.40. The minimum Gasteiger partial charge on any atom is -0.337 e. The van der Waals surface area contributed by atoms with Crippen LogP contribution in [0.15, 0.2) is 36.5 Å². The summed E-state index contributed by atoms with van der Waals surface area (Å²) in [7, 11) is 1.85. The van der Waals surface area contributed by atoms with E-state index in [0.717, 1.165) is 5.69 Å². The van der Waals surface area contributed by atoms with Crippen molar-refractivity contribution in [3.8, 4) is 5.69 Å². The van der Waals surface area contributed by atoms with Crippen molar-refractivity contribution in [2.45, 2.75) is 25.8 Å². The SMILES string of the molecule is CC(C1CC1)N(C)C(=O)c1ccn(-c2ccccc2Cl)n1. The van der Waals surface area contributed by atoms with Gasteiger partial charge in [0.15, 0.2) is 5.69 Å². The summed E-state index contributed by atoms with van der Waals surface area (Å²) >= 11 is 6.15. The van der Waals surface area contributed by atoms with Gasteiger partial charge in [0.1, 0.15) is 0 Å². The van der Waals surface area contributed by atoms with Gasteiger partial charge in [-0.1, -0.05) is 23.7 Å². The minimum absolute atomic E-state index is 0.0415. The van der Waals surface area contributed by atoms with Crippen molar-refractivity contribution in [3.63, 3.8) is 0 Å². The zero-order valence-electron chi connectivity index (χ0n) is 12.2. The van der Waals surface area contributed by atoms with E-state index in [1.807, 2.05) is 25.2 Å². The van der Waals surface area contributed by atoms with E-state index >= 15 is 0 Å². The molecule has 4 nitrogen and oxygen atoms in total. The predicted molar refractivity (Wildman–Crippen MR) is 82.9 cm³/mol. The van der Waals surface area contributed by atoms with Crippen LogP contribution in [0, 0.1) is 5.92 Å². The third-order valence-electron chi connectivity index (χ3n) is 4.14. The number of carbonyl (C=O) groups is 1. The Hall–Kier alpha value is -1.81.